The quantitative estimate of drug-likeness (QED) is 0.377. The van der Waals surface area contributed by atoms with Gasteiger partial charge in [-0.2, -0.15) is 0 Å². The van der Waals surface area contributed by atoms with E-state index in [2.05, 4.69) is 37.0 Å². The second-order valence-corrected chi connectivity index (χ2v) is 11.9. The predicted molar refractivity (Wildman–Crippen MR) is 108 cm³/mol. The second-order valence-electron chi connectivity index (χ2n) is 4.96. The summed E-state index contributed by atoms with van der Waals surface area (Å²) >= 11 is 11.7. The lowest BCUT2D eigenvalue weighted by Crippen LogP contribution is -2.32. The molecule has 0 aromatic rings. The van der Waals surface area contributed by atoms with Gasteiger partial charge in [0.2, 0.25) is 6.57 Å². The molecule has 0 spiro atoms. The van der Waals surface area contributed by atoms with Gasteiger partial charge in [0.1, 0.15) is 0 Å². The first-order chi connectivity index (χ1) is 10.9. The van der Waals surface area contributed by atoms with Gasteiger partial charge in [-0.1, -0.05) is 41.5 Å². The number of rotatable bonds is 14. The van der Waals surface area contributed by atoms with Gasteiger partial charge in [-0.05, 0) is 36.5 Å². The lowest BCUT2D eigenvalue weighted by molar-refractivity contribution is 0.197. The van der Waals surface area contributed by atoms with Crippen molar-refractivity contribution in [2.45, 2.75) is 54.4 Å². The monoisotopic (exact) mass is 404 g/mol. The third kappa shape index (κ3) is 7.47. The number of hydrogen-bond donors (Lipinski definition) is 0. The van der Waals surface area contributed by atoms with Crippen LogP contribution in [0.1, 0.15) is 54.4 Å². The highest BCUT2D eigenvalue weighted by atomic mass is 32.5. The Morgan fingerprint density at radius 3 is 1.30 bits per heavy atom. The predicted octanol–water partition coefficient (Wildman–Crippen LogP) is 4.99. The van der Waals surface area contributed by atoms with Crippen LogP contribution in [0.2, 0.25) is 0 Å². The zero-order valence-electron chi connectivity index (χ0n) is 15.5. The van der Waals surface area contributed by atoms with Crippen molar-refractivity contribution in [3.05, 3.63) is 0 Å². The molecule has 9 heteroatoms. The first kappa shape index (κ1) is 24.1. The molecule has 0 N–H and O–H groups in total. The molecule has 140 valence electrons. The summed E-state index contributed by atoms with van der Waals surface area (Å²) in [6.45, 7) is 11.5. The van der Waals surface area contributed by atoms with Crippen LogP contribution >= 0.6 is 13.3 Å². The molecule has 0 aliphatic heterocycles. The summed E-state index contributed by atoms with van der Waals surface area (Å²) in [4.78, 5) is 0. The van der Waals surface area contributed by atoms with Gasteiger partial charge in [-0.15, -0.1) is 0 Å². The van der Waals surface area contributed by atoms with E-state index in [0.29, 0.717) is 13.2 Å². The Morgan fingerprint density at radius 2 is 1.04 bits per heavy atom. The van der Waals surface area contributed by atoms with E-state index in [9.17, 15) is 0 Å². The Bertz CT molecular complexity index is 377. The molecular formula is C14H34N2O3P2S2. The molecule has 0 aromatic carbocycles. The molecule has 0 atom stereocenters. The first-order valence-corrected chi connectivity index (χ1v) is 13.8. The second kappa shape index (κ2) is 12.5. The largest absolute Gasteiger partial charge is 0.333 e. The number of nitrogens with zero attached hydrogens (tertiary/aromatic N) is 2. The molecule has 5 nitrogen and oxygen atoms in total. The molecule has 0 aliphatic carbocycles. The van der Waals surface area contributed by atoms with Gasteiger partial charge >= 0.3 is 6.72 Å². The molecular weight excluding hydrogens is 370 g/mol. The van der Waals surface area contributed by atoms with E-state index in [4.69, 9.17) is 37.0 Å². The van der Waals surface area contributed by atoms with Crippen molar-refractivity contribution in [2.75, 3.05) is 39.4 Å². The van der Waals surface area contributed by atoms with Crippen LogP contribution in [0.4, 0.5) is 0 Å². The van der Waals surface area contributed by atoms with Crippen molar-refractivity contribution in [2.24, 2.45) is 0 Å². The fraction of sp³-hybridized carbons (Fsp3) is 1.00. The van der Waals surface area contributed by atoms with Crippen LogP contribution < -0.4 is 0 Å². The van der Waals surface area contributed by atoms with Gasteiger partial charge in [0.15, 0.2) is 0 Å². The van der Waals surface area contributed by atoms with Gasteiger partial charge in [0.25, 0.3) is 0 Å². The van der Waals surface area contributed by atoms with Crippen LogP contribution in [0.5, 0.6) is 0 Å². The zero-order chi connectivity index (χ0) is 17.9. The van der Waals surface area contributed by atoms with E-state index < -0.39 is 13.3 Å². The van der Waals surface area contributed by atoms with Crippen LogP contribution in [0.25, 0.3) is 0 Å². The van der Waals surface area contributed by atoms with Crippen molar-refractivity contribution in [1.82, 2.24) is 9.34 Å². The lowest BCUT2D eigenvalue weighted by atomic mass is 10.5. The minimum Gasteiger partial charge on any atom is -0.308 e. The summed E-state index contributed by atoms with van der Waals surface area (Å²) in [5, 5.41) is 0. The molecule has 0 radical (unpaired) electrons. The molecule has 0 heterocycles. The summed E-state index contributed by atoms with van der Waals surface area (Å²) in [6.07, 6.45) is 1.74. The van der Waals surface area contributed by atoms with Crippen LogP contribution in [0.15, 0.2) is 0 Å². The van der Waals surface area contributed by atoms with Crippen molar-refractivity contribution in [3.8, 4) is 0 Å². The van der Waals surface area contributed by atoms with Crippen LogP contribution in [-0.2, 0) is 37.0 Å². The molecule has 0 saturated carbocycles. The SMILES string of the molecule is CCCOP(=S)(OCCC)OP(=S)(N(CC)CC)N(CC)CC. The van der Waals surface area contributed by atoms with Crippen molar-refractivity contribution in [1.29, 1.82) is 0 Å². The summed E-state index contributed by atoms with van der Waals surface area (Å²) in [6, 6.07) is 0. The molecule has 0 fully saturated rings. The van der Waals surface area contributed by atoms with E-state index in [1.54, 1.807) is 0 Å². The highest BCUT2D eigenvalue weighted by Crippen LogP contribution is 2.68. The molecule has 0 aliphatic rings. The first-order valence-electron chi connectivity index (χ1n) is 8.58. The van der Waals surface area contributed by atoms with E-state index in [1.807, 2.05) is 13.8 Å². The summed E-state index contributed by atoms with van der Waals surface area (Å²) in [5.41, 5.74) is 0. The Labute approximate surface area is 153 Å². The van der Waals surface area contributed by atoms with E-state index >= 15 is 0 Å². The van der Waals surface area contributed by atoms with Crippen LogP contribution in [-0.4, -0.2) is 48.7 Å². The highest BCUT2D eigenvalue weighted by Gasteiger charge is 2.38. The normalized spacial score (nSPS) is 13.2. The molecule has 0 aromatic heterocycles. The average Bonchev–Trinajstić information content (AvgIpc) is 2.53. The Hall–Kier alpha value is 1.10. The Kier molecular flexibility index (Phi) is 13.0. The van der Waals surface area contributed by atoms with Crippen LogP contribution in [0.3, 0.4) is 0 Å². The maximum atomic E-state index is 6.38. The third-order valence-corrected chi connectivity index (χ3v) is 11.7. The zero-order valence-corrected chi connectivity index (χ0v) is 18.9. The standard InChI is InChI=1S/C14H34N2O3P2S2/c1-7-13-17-21(23,18-14-8-2)19-20(22,15(9-3)10-4)16(11-5)12-6/h7-14H2,1-6H3. The maximum absolute atomic E-state index is 6.38. The maximum Gasteiger partial charge on any atom is 0.333 e. The van der Waals surface area contributed by atoms with E-state index in [-0.39, 0.29) is 0 Å². The smallest absolute Gasteiger partial charge is 0.308 e. The minimum atomic E-state index is -2.84. The molecule has 0 unspecified atom stereocenters. The molecule has 23 heavy (non-hydrogen) atoms. The minimum absolute atomic E-state index is 0.535. The van der Waals surface area contributed by atoms with Gasteiger partial charge < -0.3 is 9.05 Å². The fourth-order valence-electron chi connectivity index (χ4n) is 2.07. The lowest BCUT2D eigenvalue weighted by Gasteiger charge is -2.42. The summed E-state index contributed by atoms with van der Waals surface area (Å²) in [5.74, 6) is 0. The highest BCUT2D eigenvalue weighted by molar-refractivity contribution is 8.16. The average molecular weight is 405 g/mol. The number of hydrogen-bond acceptors (Lipinski definition) is 5. The van der Waals surface area contributed by atoms with E-state index in [0.717, 1.165) is 39.0 Å². The van der Waals surface area contributed by atoms with E-state index in [1.165, 1.54) is 0 Å². The third-order valence-electron chi connectivity index (χ3n) is 3.29. The summed E-state index contributed by atoms with van der Waals surface area (Å²) < 4.78 is 22.5. The van der Waals surface area contributed by atoms with Gasteiger partial charge in [0.05, 0.1) is 13.2 Å². The van der Waals surface area contributed by atoms with Gasteiger partial charge in [-0.3, -0.25) is 0 Å². The van der Waals surface area contributed by atoms with Crippen molar-refractivity contribution in [3.63, 3.8) is 0 Å². The van der Waals surface area contributed by atoms with Crippen LogP contribution in [0, 0.1) is 0 Å². The van der Waals surface area contributed by atoms with Gasteiger partial charge in [0, 0.05) is 26.2 Å². The Balaban J connectivity index is 5.59. The molecule has 0 amide bonds. The Morgan fingerprint density at radius 1 is 0.696 bits per heavy atom. The molecule has 0 bridgehead atoms. The topological polar surface area (TPSA) is 34.2 Å². The fourth-order valence-corrected chi connectivity index (χ4v) is 10.8. The summed E-state index contributed by atoms with van der Waals surface area (Å²) in [7, 11) is 0. The van der Waals surface area contributed by atoms with Crippen molar-refractivity contribution >= 4 is 36.9 Å². The van der Waals surface area contributed by atoms with Crippen molar-refractivity contribution < 1.29 is 13.4 Å². The molecule has 0 saturated heterocycles. The van der Waals surface area contributed by atoms with Gasteiger partial charge in [-0.25, -0.2) is 13.7 Å². The molecule has 0 rings (SSSR count).